The van der Waals surface area contributed by atoms with Crippen LogP contribution in [-0.2, 0) is 13.8 Å². The molecule has 6 atom stereocenters. The summed E-state index contributed by atoms with van der Waals surface area (Å²) in [5.74, 6) is 0.147. The number of carbonyl (C=O) groups is 1. The Labute approximate surface area is 249 Å². The molecule has 1 unspecified atom stereocenters. The number of imidazole rings is 1. The lowest BCUT2D eigenvalue weighted by atomic mass is 10.1. The van der Waals surface area contributed by atoms with Gasteiger partial charge in [0.25, 0.3) is 14.4 Å². The van der Waals surface area contributed by atoms with Gasteiger partial charge < -0.3 is 19.1 Å². The van der Waals surface area contributed by atoms with Gasteiger partial charge in [-0.25, -0.2) is 19.6 Å². The number of aromatic nitrogens is 4. The summed E-state index contributed by atoms with van der Waals surface area (Å²) in [5, 5.41) is 2.89. The van der Waals surface area contributed by atoms with Crippen molar-refractivity contribution in [2.45, 2.75) is 107 Å². The molecule has 4 fully saturated rings. The molecular weight excluding hydrogens is 567 g/mol. The topological polar surface area (TPSA) is 104 Å². The van der Waals surface area contributed by atoms with E-state index >= 15 is 0 Å². The summed E-state index contributed by atoms with van der Waals surface area (Å²) in [6.45, 7) is 5.82. The molecule has 0 aliphatic carbocycles. The fourth-order valence-corrected chi connectivity index (χ4v) is 13.7. The Morgan fingerprint density at radius 3 is 2.76 bits per heavy atom. The summed E-state index contributed by atoms with van der Waals surface area (Å²) in [5.41, 5.74) is 1.72. The highest BCUT2D eigenvalue weighted by Crippen LogP contribution is 2.59. The van der Waals surface area contributed by atoms with Crippen molar-refractivity contribution in [3.8, 4) is 0 Å². The molecule has 6 heterocycles. The summed E-state index contributed by atoms with van der Waals surface area (Å²) in [6.07, 6.45) is 11.4. The highest BCUT2D eigenvalue weighted by Gasteiger charge is 2.51. The van der Waals surface area contributed by atoms with Crippen LogP contribution in [0.1, 0.15) is 68.5 Å². The Morgan fingerprint density at radius 2 is 1.95 bits per heavy atom. The number of nitrogens with one attached hydrogen (secondary N) is 1. The molecule has 3 aromatic rings. The highest BCUT2D eigenvalue weighted by molar-refractivity contribution is 7.45. The Hall–Kier alpha value is -2.27. The Bertz CT molecular complexity index is 1400. The van der Waals surface area contributed by atoms with Crippen LogP contribution in [0.4, 0.5) is 5.82 Å². The maximum absolute atomic E-state index is 12.8. The van der Waals surface area contributed by atoms with Gasteiger partial charge in [0, 0.05) is 24.6 Å². The molecule has 0 radical (unpaired) electrons. The first-order chi connectivity index (χ1) is 20.5. The Kier molecular flexibility index (Phi) is 8.15. The number of fused-ring (bicyclic) bond motifs is 2. The van der Waals surface area contributed by atoms with Crippen LogP contribution in [-0.4, -0.2) is 69.1 Å². The van der Waals surface area contributed by atoms with Gasteiger partial charge in [-0.3, -0.25) is 9.36 Å². The average Bonchev–Trinajstić information content (AvgIpc) is 3.79. The fraction of sp³-hybridized carbons (Fsp3) is 0.600. The van der Waals surface area contributed by atoms with E-state index in [2.05, 4.69) is 38.4 Å². The minimum atomic E-state index is -1.23. The second-order valence-electron chi connectivity index (χ2n) is 12.6. The number of nitrogens with zero attached hydrogens (tertiary/aromatic N) is 5. The first-order valence-corrected chi connectivity index (χ1v) is 19.9. The van der Waals surface area contributed by atoms with Crippen molar-refractivity contribution in [3.63, 3.8) is 0 Å². The number of ether oxygens (including phenoxy) is 1. The minimum absolute atomic E-state index is 0.0389. The molecule has 1 amide bonds. The van der Waals surface area contributed by atoms with Gasteiger partial charge in [-0.15, -0.1) is 0 Å². The highest BCUT2D eigenvalue weighted by atomic mass is 31.2. The zero-order valence-electron chi connectivity index (χ0n) is 24.5. The molecule has 1 N–H and O–H groups in total. The van der Waals surface area contributed by atoms with Crippen LogP contribution in [0.15, 0.2) is 43.0 Å². The van der Waals surface area contributed by atoms with Gasteiger partial charge in [-0.2, -0.15) is 0 Å². The predicted molar refractivity (Wildman–Crippen MR) is 165 cm³/mol. The molecule has 10 nitrogen and oxygen atoms in total. The number of anilines is 1. The van der Waals surface area contributed by atoms with Crippen LogP contribution in [0.5, 0.6) is 0 Å². The van der Waals surface area contributed by atoms with Crippen molar-refractivity contribution in [3.05, 3.63) is 48.5 Å². The van der Waals surface area contributed by atoms with Crippen molar-refractivity contribution in [1.82, 2.24) is 24.2 Å². The molecule has 2 aromatic heterocycles. The molecule has 4 aliphatic rings. The van der Waals surface area contributed by atoms with E-state index in [1.165, 1.54) is 56.6 Å². The van der Waals surface area contributed by atoms with Gasteiger partial charge in [0.1, 0.15) is 12.6 Å². The number of carbonyl (C=O) groups excluding carboxylic acids is 1. The lowest BCUT2D eigenvalue weighted by Gasteiger charge is -2.34. The van der Waals surface area contributed by atoms with E-state index in [4.69, 9.17) is 13.8 Å². The van der Waals surface area contributed by atoms with E-state index in [9.17, 15) is 4.79 Å². The molecule has 7 rings (SSSR count). The van der Waals surface area contributed by atoms with Gasteiger partial charge >= 0.3 is 0 Å². The molecule has 42 heavy (non-hydrogen) atoms. The van der Waals surface area contributed by atoms with Crippen LogP contribution < -0.4 is 5.32 Å². The summed E-state index contributed by atoms with van der Waals surface area (Å²) in [6, 6.07) is 13.8. The zero-order valence-corrected chi connectivity index (χ0v) is 26.4. The second-order valence-corrected chi connectivity index (χ2v) is 19.1. The second kappa shape index (κ2) is 12.0. The van der Waals surface area contributed by atoms with Crippen molar-refractivity contribution >= 4 is 39.5 Å². The van der Waals surface area contributed by atoms with Crippen LogP contribution >= 0.6 is 8.53 Å². The van der Waals surface area contributed by atoms with Crippen molar-refractivity contribution in [2.24, 2.45) is 0 Å². The fourth-order valence-electron chi connectivity index (χ4n) is 7.34. The van der Waals surface area contributed by atoms with Gasteiger partial charge in [-0.1, -0.05) is 63.0 Å². The van der Waals surface area contributed by atoms with Crippen LogP contribution in [0, 0.1) is 0 Å². The van der Waals surface area contributed by atoms with Gasteiger partial charge in [0.05, 0.1) is 32.7 Å². The zero-order chi connectivity index (χ0) is 28.7. The summed E-state index contributed by atoms with van der Waals surface area (Å²) < 4.78 is 24.7. The number of hydrogen-bond acceptors (Lipinski definition) is 8. The number of benzene rings is 1. The lowest BCUT2D eigenvalue weighted by Crippen LogP contribution is -2.40. The lowest BCUT2D eigenvalue weighted by molar-refractivity contribution is -0.0152. The SMILES string of the molecule is CC[C@H]1O[C@@H](n2cnc3c(NC(=O)c4ccccc4)ncnc32)C[C@H]1OP1O[C@H](C[Si]2(C)CCCCC2)[C@@H]2CCCN21. The summed E-state index contributed by atoms with van der Waals surface area (Å²) in [4.78, 5) is 26.2. The monoisotopic (exact) mass is 608 g/mol. The van der Waals surface area contributed by atoms with E-state index < -0.39 is 16.6 Å². The largest absolute Gasteiger partial charge is 0.352 e. The molecule has 1 aromatic carbocycles. The third-order valence-electron chi connectivity index (χ3n) is 9.63. The minimum Gasteiger partial charge on any atom is -0.352 e. The van der Waals surface area contributed by atoms with Crippen molar-refractivity contribution < 1.29 is 18.6 Å². The van der Waals surface area contributed by atoms with Gasteiger partial charge in [0.2, 0.25) is 0 Å². The molecule has 12 heteroatoms. The summed E-state index contributed by atoms with van der Waals surface area (Å²) in [7, 11) is -2.32. The standard InChI is InChI=1S/C30H41N6O4PSi/c1-3-23-24(39-41-36-14-10-13-22(36)25(40-41)18-42(2)15-8-5-9-16-42)17-26(38-23)35-20-33-27-28(31-19-32-29(27)35)34-30(37)21-11-6-4-7-12-21/h4,6-7,11-12,19-20,22-26H,3,5,8-10,13-18H2,1-2H3,(H,31,32,34,37)/t22-,23+,24+,25+,26+,41?/m0/s1. The molecule has 0 spiro atoms. The Morgan fingerprint density at radius 1 is 1.12 bits per heavy atom. The van der Waals surface area contributed by atoms with Crippen molar-refractivity contribution in [1.29, 1.82) is 0 Å². The molecule has 224 valence electrons. The van der Waals surface area contributed by atoms with E-state index in [1.807, 2.05) is 22.8 Å². The first-order valence-electron chi connectivity index (χ1n) is 15.6. The van der Waals surface area contributed by atoms with Crippen molar-refractivity contribution in [2.75, 3.05) is 11.9 Å². The maximum atomic E-state index is 12.8. The third kappa shape index (κ3) is 5.55. The van der Waals surface area contributed by atoms with Gasteiger partial charge in [0.15, 0.2) is 17.0 Å². The third-order valence-corrected chi connectivity index (χ3v) is 16.0. The van der Waals surface area contributed by atoms with E-state index in [0.717, 1.165) is 13.0 Å². The first kappa shape index (κ1) is 28.5. The van der Waals surface area contributed by atoms with E-state index in [1.54, 1.807) is 18.5 Å². The normalized spacial score (nSPS) is 31.0. The van der Waals surface area contributed by atoms with Crippen LogP contribution in [0.2, 0.25) is 24.7 Å². The predicted octanol–water partition coefficient (Wildman–Crippen LogP) is 6.51. The van der Waals surface area contributed by atoms with E-state index in [-0.39, 0.29) is 24.3 Å². The average molecular weight is 609 g/mol. The van der Waals surface area contributed by atoms with E-state index in [0.29, 0.717) is 41.1 Å². The maximum Gasteiger partial charge on any atom is 0.259 e. The molecule has 0 saturated carbocycles. The molecular formula is C30H41N6O4PSi. The number of hydrogen-bond donors (Lipinski definition) is 1. The number of rotatable bonds is 8. The molecule has 0 bridgehead atoms. The molecule has 4 aliphatic heterocycles. The van der Waals surface area contributed by atoms with Gasteiger partial charge in [-0.05, 0) is 37.4 Å². The van der Waals surface area contributed by atoms with Crippen LogP contribution in [0.3, 0.4) is 0 Å². The quantitative estimate of drug-likeness (QED) is 0.228. The smallest absolute Gasteiger partial charge is 0.259 e. The summed E-state index contributed by atoms with van der Waals surface area (Å²) >= 11 is 0. The van der Waals surface area contributed by atoms with Crippen LogP contribution in [0.25, 0.3) is 11.2 Å². The Balaban J connectivity index is 1.05. The molecule has 4 saturated heterocycles. The number of amides is 1.